The summed E-state index contributed by atoms with van der Waals surface area (Å²) in [5, 5.41) is 0. The van der Waals surface area contributed by atoms with Crippen molar-refractivity contribution in [3.63, 3.8) is 0 Å². The lowest BCUT2D eigenvalue weighted by atomic mass is 10.1. The monoisotopic (exact) mass is 265 g/mol. The summed E-state index contributed by atoms with van der Waals surface area (Å²) in [7, 11) is 4.00. The van der Waals surface area contributed by atoms with Crippen LogP contribution in [0.2, 0.25) is 0 Å². The van der Waals surface area contributed by atoms with Crippen LogP contribution < -0.4 is 19.9 Å². The number of hydrogen-bond acceptors (Lipinski definition) is 4. The Hall–Kier alpha value is -1.63. The number of hydrogen-bond donors (Lipinski definition) is 1. The van der Waals surface area contributed by atoms with Crippen LogP contribution in [0.4, 0.5) is 13.2 Å². The van der Waals surface area contributed by atoms with Crippen molar-refractivity contribution in [3.05, 3.63) is 17.7 Å². The zero-order valence-electron chi connectivity index (χ0n) is 10.2. The Morgan fingerprint density at radius 2 is 1.44 bits per heavy atom. The average Bonchev–Trinajstić information content (AvgIpc) is 2.34. The molecule has 0 aliphatic heterocycles. The molecule has 7 heteroatoms. The van der Waals surface area contributed by atoms with Crippen LogP contribution in [-0.2, 0) is 0 Å². The fraction of sp³-hybridized carbons (Fsp3) is 0.455. The van der Waals surface area contributed by atoms with Crippen molar-refractivity contribution in [1.29, 1.82) is 0 Å². The van der Waals surface area contributed by atoms with E-state index in [9.17, 15) is 13.2 Å². The van der Waals surface area contributed by atoms with Gasteiger partial charge in [-0.3, -0.25) is 0 Å². The van der Waals surface area contributed by atoms with Gasteiger partial charge in [0, 0.05) is 0 Å². The Kier molecular flexibility index (Phi) is 4.28. The van der Waals surface area contributed by atoms with Crippen molar-refractivity contribution in [3.8, 4) is 17.2 Å². The van der Waals surface area contributed by atoms with E-state index in [-0.39, 0.29) is 22.8 Å². The summed E-state index contributed by atoms with van der Waals surface area (Å²) < 4.78 is 52.6. The molecule has 0 amide bonds. The predicted octanol–water partition coefficient (Wildman–Crippen LogP) is 2.27. The molecule has 2 N–H and O–H groups in total. The first kappa shape index (κ1) is 14.4. The van der Waals surface area contributed by atoms with Crippen LogP contribution in [0.15, 0.2) is 12.1 Å². The van der Waals surface area contributed by atoms with E-state index in [1.807, 2.05) is 0 Å². The molecule has 0 aliphatic rings. The van der Waals surface area contributed by atoms with Gasteiger partial charge in [-0.1, -0.05) is 0 Å². The van der Waals surface area contributed by atoms with Gasteiger partial charge < -0.3 is 19.9 Å². The van der Waals surface area contributed by atoms with E-state index < -0.39 is 12.2 Å². The summed E-state index contributed by atoms with van der Waals surface area (Å²) in [5.41, 5.74) is 4.98. The Balaban J connectivity index is 3.32. The number of rotatable bonds is 4. The minimum Gasteiger partial charge on any atom is -0.493 e. The van der Waals surface area contributed by atoms with Crippen molar-refractivity contribution in [2.45, 2.75) is 12.2 Å². The normalized spacial score (nSPS) is 13.1. The van der Waals surface area contributed by atoms with Crippen LogP contribution in [0.1, 0.15) is 11.6 Å². The topological polar surface area (TPSA) is 53.7 Å². The number of ether oxygens (including phenoxy) is 3. The quantitative estimate of drug-likeness (QED) is 0.907. The molecule has 1 unspecified atom stereocenters. The molecule has 0 aromatic heterocycles. The van der Waals surface area contributed by atoms with E-state index in [0.29, 0.717) is 0 Å². The highest BCUT2D eigenvalue weighted by Crippen LogP contribution is 2.41. The summed E-state index contributed by atoms with van der Waals surface area (Å²) in [4.78, 5) is 0. The molecule has 1 rings (SSSR count). The van der Waals surface area contributed by atoms with Crippen LogP contribution in [0.5, 0.6) is 17.2 Å². The van der Waals surface area contributed by atoms with E-state index in [0.717, 1.165) is 0 Å². The Bertz CT molecular complexity index is 395. The van der Waals surface area contributed by atoms with E-state index in [1.54, 1.807) is 0 Å². The molecule has 0 heterocycles. The van der Waals surface area contributed by atoms with Gasteiger partial charge in [0.15, 0.2) is 11.5 Å². The molecule has 4 nitrogen and oxygen atoms in total. The molecule has 0 radical (unpaired) electrons. The first-order chi connectivity index (χ1) is 8.35. The van der Waals surface area contributed by atoms with E-state index in [2.05, 4.69) is 0 Å². The number of nitrogens with two attached hydrogens (primary N) is 1. The van der Waals surface area contributed by atoms with Crippen LogP contribution in [-0.4, -0.2) is 27.5 Å². The highest BCUT2D eigenvalue weighted by atomic mass is 19.4. The van der Waals surface area contributed by atoms with Gasteiger partial charge in [-0.15, -0.1) is 0 Å². The second-order valence-corrected chi connectivity index (χ2v) is 3.48. The molecule has 1 aromatic carbocycles. The smallest absolute Gasteiger partial charge is 0.407 e. The fourth-order valence-corrected chi connectivity index (χ4v) is 1.47. The Morgan fingerprint density at radius 3 is 1.72 bits per heavy atom. The van der Waals surface area contributed by atoms with Crippen LogP contribution in [0.3, 0.4) is 0 Å². The lowest BCUT2D eigenvalue weighted by Crippen LogP contribution is -2.28. The van der Waals surface area contributed by atoms with Crippen LogP contribution >= 0.6 is 0 Å². The van der Waals surface area contributed by atoms with Gasteiger partial charge in [-0.25, -0.2) is 0 Å². The van der Waals surface area contributed by atoms with Gasteiger partial charge in [0.25, 0.3) is 0 Å². The first-order valence-electron chi connectivity index (χ1n) is 4.97. The number of alkyl halides is 3. The Labute approximate surface area is 102 Å². The van der Waals surface area contributed by atoms with Crippen molar-refractivity contribution < 1.29 is 27.4 Å². The van der Waals surface area contributed by atoms with E-state index in [1.165, 1.54) is 33.5 Å². The van der Waals surface area contributed by atoms with Gasteiger partial charge in [0.1, 0.15) is 6.04 Å². The summed E-state index contributed by atoms with van der Waals surface area (Å²) in [6.07, 6.45) is -4.54. The minimum atomic E-state index is -4.54. The molecule has 0 saturated carbocycles. The molecule has 0 fully saturated rings. The van der Waals surface area contributed by atoms with Gasteiger partial charge in [0.2, 0.25) is 5.75 Å². The zero-order chi connectivity index (χ0) is 13.9. The maximum atomic E-state index is 12.6. The molecule has 0 aliphatic carbocycles. The third-order valence-corrected chi connectivity index (χ3v) is 2.40. The molecule has 0 spiro atoms. The van der Waals surface area contributed by atoms with E-state index >= 15 is 0 Å². The number of benzene rings is 1. The third-order valence-electron chi connectivity index (χ3n) is 2.40. The summed E-state index contributed by atoms with van der Waals surface area (Å²) in [5.74, 6) is 0.483. The standard InChI is InChI=1S/C11H14F3NO3/c1-16-7-4-6(10(15)11(12,13)14)5-8(17-2)9(7)18-3/h4-5,10H,15H2,1-3H3. The molecule has 1 aromatic rings. The summed E-state index contributed by atoms with van der Waals surface area (Å²) in [6.45, 7) is 0. The predicted molar refractivity (Wildman–Crippen MR) is 59.1 cm³/mol. The van der Waals surface area contributed by atoms with Crippen molar-refractivity contribution in [1.82, 2.24) is 0 Å². The van der Waals surface area contributed by atoms with Crippen molar-refractivity contribution in [2.75, 3.05) is 21.3 Å². The lowest BCUT2D eigenvalue weighted by Gasteiger charge is -2.19. The molecular formula is C11H14F3NO3. The lowest BCUT2D eigenvalue weighted by molar-refractivity contribution is -0.149. The van der Waals surface area contributed by atoms with Crippen LogP contribution in [0, 0.1) is 0 Å². The zero-order valence-corrected chi connectivity index (χ0v) is 10.2. The summed E-state index contributed by atoms with van der Waals surface area (Å²) in [6, 6.07) is 0.255. The molecule has 18 heavy (non-hydrogen) atoms. The summed E-state index contributed by atoms with van der Waals surface area (Å²) >= 11 is 0. The van der Waals surface area contributed by atoms with Gasteiger partial charge in [-0.2, -0.15) is 13.2 Å². The van der Waals surface area contributed by atoms with Gasteiger partial charge in [-0.05, 0) is 17.7 Å². The fourth-order valence-electron chi connectivity index (χ4n) is 1.47. The molecule has 0 bridgehead atoms. The largest absolute Gasteiger partial charge is 0.493 e. The molecular weight excluding hydrogens is 251 g/mol. The van der Waals surface area contributed by atoms with E-state index in [4.69, 9.17) is 19.9 Å². The Morgan fingerprint density at radius 1 is 1.00 bits per heavy atom. The maximum Gasteiger partial charge on any atom is 0.407 e. The highest BCUT2D eigenvalue weighted by molar-refractivity contribution is 5.54. The van der Waals surface area contributed by atoms with Crippen LogP contribution in [0.25, 0.3) is 0 Å². The van der Waals surface area contributed by atoms with Gasteiger partial charge in [0.05, 0.1) is 21.3 Å². The highest BCUT2D eigenvalue weighted by Gasteiger charge is 2.38. The SMILES string of the molecule is COc1cc(C(N)C(F)(F)F)cc(OC)c1OC. The molecule has 1 atom stereocenters. The number of methoxy groups -OCH3 is 3. The molecule has 102 valence electrons. The second kappa shape index (κ2) is 5.34. The minimum absolute atomic E-state index is 0.131. The molecule has 0 saturated heterocycles. The maximum absolute atomic E-state index is 12.6. The van der Waals surface area contributed by atoms with Crippen molar-refractivity contribution >= 4 is 0 Å². The average molecular weight is 265 g/mol. The third kappa shape index (κ3) is 2.79. The van der Waals surface area contributed by atoms with Gasteiger partial charge >= 0.3 is 6.18 Å². The number of halogens is 3. The first-order valence-corrected chi connectivity index (χ1v) is 4.97. The van der Waals surface area contributed by atoms with Crippen molar-refractivity contribution in [2.24, 2.45) is 5.73 Å². The second-order valence-electron chi connectivity index (χ2n) is 3.48.